The van der Waals surface area contributed by atoms with E-state index >= 15 is 0 Å². The van der Waals surface area contributed by atoms with Crippen LogP contribution in [0.2, 0.25) is 10.0 Å². The number of amides is 1. The Labute approximate surface area is 224 Å². The third kappa shape index (κ3) is 7.51. The monoisotopic (exact) mass is 519 g/mol. The predicted molar refractivity (Wildman–Crippen MR) is 150 cm³/mol. The van der Waals surface area contributed by atoms with Gasteiger partial charge in [0.15, 0.2) is 0 Å². The Morgan fingerprint density at radius 2 is 1.47 bits per heavy atom. The predicted octanol–water partition coefficient (Wildman–Crippen LogP) is 6.12. The van der Waals surface area contributed by atoms with Crippen molar-refractivity contribution in [2.24, 2.45) is 0 Å². The molecule has 0 radical (unpaired) electrons. The molecule has 6 heteroatoms. The summed E-state index contributed by atoms with van der Waals surface area (Å²) in [5.74, 6) is 6.24. The van der Waals surface area contributed by atoms with Crippen LogP contribution >= 0.6 is 23.2 Å². The molecule has 4 rings (SSSR count). The highest BCUT2D eigenvalue weighted by Crippen LogP contribution is 2.32. The molecule has 186 valence electrons. The van der Waals surface area contributed by atoms with Gasteiger partial charge in [-0.3, -0.25) is 9.69 Å². The lowest BCUT2D eigenvalue weighted by Crippen LogP contribution is -2.46. The van der Waals surface area contributed by atoms with E-state index in [1.54, 1.807) is 0 Å². The number of unbranched alkanes of at least 4 members (excludes halogenated alkanes) is 2. The number of piperazine rings is 1. The first-order valence-corrected chi connectivity index (χ1v) is 13.2. The first-order valence-electron chi connectivity index (χ1n) is 12.5. The molecule has 0 unspecified atom stereocenters. The minimum Gasteiger partial charge on any atom is -0.368 e. The van der Waals surface area contributed by atoms with E-state index in [9.17, 15) is 4.79 Å². The molecule has 1 aliphatic rings. The molecule has 3 aromatic rings. The summed E-state index contributed by atoms with van der Waals surface area (Å²) in [6, 6.07) is 23.1. The maximum absolute atomic E-state index is 12.4. The second kappa shape index (κ2) is 13.4. The van der Waals surface area contributed by atoms with E-state index in [-0.39, 0.29) is 5.91 Å². The van der Waals surface area contributed by atoms with Gasteiger partial charge in [-0.1, -0.05) is 65.7 Å². The van der Waals surface area contributed by atoms with Crippen LogP contribution in [-0.2, 0) is 0 Å². The van der Waals surface area contributed by atoms with Crippen molar-refractivity contribution in [2.45, 2.75) is 19.3 Å². The topological polar surface area (TPSA) is 35.6 Å². The lowest BCUT2D eigenvalue weighted by Gasteiger charge is -2.36. The molecule has 0 bridgehead atoms. The Bertz CT molecular complexity index is 1190. The summed E-state index contributed by atoms with van der Waals surface area (Å²) in [6.45, 7) is 5.71. The Morgan fingerprint density at radius 3 is 2.19 bits per heavy atom. The standard InChI is InChI=1S/C30H31Cl2N3O/c31-27-10-7-11-28(29(27)32)35-22-20-34(21-23-35)19-6-2-5-18-33-30(36)26-16-14-25(15-17-26)13-12-24-8-3-1-4-9-24/h1,3-4,7-11,14-17H,2,5-6,18-23H2,(H,33,36). The summed E-state index contributed by atoms with van der Waals surface area (Å²) in [6.07, 6.45) is 3.20. The van der Waals surface area contributed by atoms with E-state index in [1.807, 2.05) is 72.8 Å². The number of carbonyl (C=O) groups is 1. The maximum Gasteiger partial charge on any atom is 0.251 e. The van der Waals surface area contributed by atoms with Gasteiger partial charge in [0.05, 0.1) is 15.7 Å². The molecule has 1 aliphatic heterocycles. The van der Waals surface area contributed by atoms with Gasteiger partial charge in [-0.05, 0) is 67.9 Å². The zero-order chi connectivity index (χ0) is 25.2. The van der Waals surface area contributed by atoms with Gasteiger partial charge in [0.1, 0.15) is 0 Å². The zero-order valence-corrected chi connectivity index (χ0v) is 21.9. The van der Waals surface area contributed by atoms with E-state index in [0.29, 0.717) is 22.2 Å². The molecule has 0 atom stereocenters. The average molecular weight is 521 g/mol. The van der Waals surface area contributed by atoms with Crippen LogP contribution in [0.25, 0.3) is 0 Å². The van der Waals surface area contributed by atoms with Gasteiger partial charge in [0, 0.05) is 49.4 Å². The SMILES string of the molecule is O=C(NCCCCCN1CCN(c2cccc(Cl)c2Cl)CC1)c1ccc(C#Cc2ccccc2)cc1. The Balaban J connectivity index is 1.10. The third-order valence-electron chi connectivity index (χ3n) is 6.35. The van der Waals surface area contributed by atoms with Gasteiger partial charge in [0.25, 0.3) is 5.91 Å². The summed E-state index contributed by atoms with van der Waals surface area (Å²) >= 11 is 12.5. The molecule has 1 N–H and O–H groups in total. The molecule has 0 aliphatic carbocycles. The van der Waals surface area contributed by atoms with Crippen molar-refractivity contribution in [3.63, 3.8) is 0 Å². The quantitative estimate of drug-likeness (QED) is 0.287. The zero-order valence-electron chi connectivity index (χ0n) is 20.4. The maximum atomic E-state index is 12.4. The molecule has 0 saturated carbocycles. The molecule has 1 heterocycles. The number of carbonyl (C=O) groups excluding carboxylic acids is 1. The Kier molecular flexibility index (Phi) is 9.69. The second-order valence-electron chi connectivity index (χ2n) is 8.91. The van der Waals surface area contributed by atoms with E-state index in [2.05, 4.69) is 27.0 Å². The average Bonchev–Trinajstić information content (AvgIpc) is 2.92. The van der Waals surface area contributed by atoms with Crippen molar-refractivity contribution >= 4 is 34.8 Å². The Morgan fingerprint density at radius 1 is 0.778 bits per heavy atom. The first-order chi connectivity index (χ1) is 17.6. The summed E-state index contributed by atoms with van der Waals surface area (Å²) in [4.78, 5) is 17.2. The van der Waals surface area contributed by atoms with E-state index in [4.69, 9.17) is 23.2 Å². The molecule has 4 nitrogen and oxygen atoms in total. The van der Waals surface area contributed by atoms with Crippen LogP contribution in [0.4, 0.5) is 5.69 Å². The second-order valence-corrected chi connectivity index (χ2v) is 9.70. The first kappa shape index (κ1) is 26.1. The van der Waals surface area contributed by atoms with Crippen LogP contribution in [0.1, 0.15) is 40.7 Å². The number of benzene rings is 3. The van der Waals surface area contributed by atoms with Crippen LogP contribution in [0, 0.1) is 11.8 Å². The molecule has 0 spiro atoms. The molecule has 1 saturated heterocycles. The minimum atomic E-state index is -0.0339. The molecule has 0 aromatic heterocycles. The number of anilines is 1. The summed E-state index contributed by atoms with van der Waals surface area (Å²) in [7, 11) is 0. The third-order valence-corrected chi connectivity index (χ3v) is 7.16. The largest absolute Gasteiger partial charge is 0.368 e. The fourth-order valence-electron chi connectivity index (χ4n) is 4.26. The van der Waals surface area contributed by atoms with Crippen molar-refractivity contribution in [3.05, 3.63) is 99.5 Å². The van der Waals surface area contributed by atoms with Crippen LogP contribution in [-0.4, -0.2) is 50.1 Å². The van der Waals surface area contributed by atoms with Crippen LogP contribution in [0.3, 0.4) is 0 Å². The number of hydrogen-bond donors (Lipinski definition) is 1. The van der Waals surface area contributed by atoms with Gasteiger partial charge < -0.3 is 10.2 Å². The summed E-state index contributed by atoms with van der Waals surface area (Å²) in [5.41, 5.74) is 3.56. The summed E-state index contributed by atoms with van der Waals surface area (Å²) < 4.78 is 0. The number of rotatable bonds is 8. The number of nitrogens with zero attached hydrogens (tertiary/aromatic N) is 2. The Hall–Kier alpha value is -2.97. The molecular weight excluding hydrogens is 489 g/mol. The number of nitrogens with one attached hydrogen (secondary N) is 1. The molecule has 1 amide bonds. The van der Waals surface area contributed by atoms with E-state index in [0.717, 1.165) is 68.8 Å². The highest BCUT2D eigenvalue weighted by atomic mass is 35.5. The lowest BCUT2D eigenvalue weighted by atomic mass is 10.1. The van der Waals surface area contributed by atoms with E-state index in [1.165, 1.54) is 0 Å². The van der Waals surface area contributed by atoms with Crippen LogP contribution in [0.15, 0.2) is 72.8 Å². The molecule has 1 fully saturated rings. The smallest absolute Gasteiger partial charge is 0.251 e. The van der Waals surface area contributed by atoms with Gasteiger partial charge in [-0.2, -0.15) is 0 Å². The fraction of sp³-hybridized carbons (Fsp3) is 0.300. The van der Waals surface area contributed by atoms with Crippen LogP contribution in [0.5, 0.6) is 0 Å². The van der Waals surface area contributed by atoms with Crippen molar-refractivity contribution in [2.75, 3.05) is 44.2 Å². The van der Waals surface area contributed by atoms with Crippen LogP contribution < -0.4 is 10.2 Å². The van der Waals surface area contributed by atoms with Crippen molar-refractivity contribution < 1.29 is 4.79 Å². The molecule has 36 heavy (non-hydrogen) atoms. The lowest BCUT2D eigenvalue weighted by molar-refractivity contribution is 0.0953. The minimum absolute atomic E-state index is 0.0339. The van der Waals surface area contributed by atoms with Crippen molar-refractivity contribution in [3.8, 4) is 11.8 Å². The fourth-order valence-corrected chi connectivity index (χ4v) is 4.68. The highest BCUT2D eigenvalue weighted by molar-refractivity contribution is 6.43. The summed E-state index contributed by atoms with van der Waals surface area (Å²) in [5, 5.41) is 4.28. The van der Waals surface area contributed by atoms with Gasteiger partial charge in [-0.25, -0.2) is 0 Å². The molecular formula is C30H31Cl2N3O. The van der Waals surface area contributed by atoms with Crippen molar-refractivity contribution in [1.82, 2.24) is 10.2 Å². The van der Waals surface area contributed by atoms with E-state index < -0.39 is 0 Å². The van der Waals surface area contributed by atoms with Gasteiger partial charge in [-0.15, -0.1) is 0 Å². The normalized spacial score (nSPS) is 13.7. The van der Waals surface area contributed by atoms with Crippen molar-refractivity contribution in [1.29, 1.82) is 0 Å². The number of halogens is 2. The van der Waals surface area contributed by atoms with Gasteiger partial charge >= 0.3 is 0 Å². The van der Waals surface area contributed by atoms with Gasteiger partial charge in [0.2, 0.25) is 0 Å². The number of hydrogen-bond acceptors (Lipinski definition) is 3. The highest BCUT2D eigenvalue weighted by Gasteiger charge is 2.19. The molecule has 3 aromatic carbocycles.